The first-order valence-electron chi connectivity index (χ1n) is 7.11. The predicted octanol–water partition coefficient (Wildman–Crippen LogP) is 3.75. The summed E-state index contributed by atoms with van der Waals surface area (Å²) in [7, 11) is 0. The van der Waals surface area contributed by atoms with Gasteiger partial charge in [-0.15, -0.1) is 0 Å². The summed E-state index contributed by atoms with van der Waals surface area (Å²) in [5.41, 5.74) is -0.639. The molecule has 0 aliphatic rings. The van der Waals surface area contributed by atoms with Crippen molar-refractivity contribution in [2.45, 2.75) is 38.7 Å². The van der Waals surface area contributed by atoms with Crippen molar-refractivity contribution in [1.82, 2.24) is 5.32 Å². The Labute approximate surface area is 143 Å². The van der Waals surface area contributed by atoms with Gasteiger partial charge in [0, 0.05) is 12.0 Å². The summed E-state index contributed by atoms with van der Waals surface area (Å²) < 4.78 is 29.5. The number of ether oxygens (including phenoxy) is 1. The Morgan fingerprint density at radius 3 is 2.62 bits per heavy atom. The molecular weight excluding hydrogens is 346 g/mol. The van der Waals surface area contributed by atoms with Crippen molar-refractivity contribution in [3.05, 3.63) is 23.2 Å². The number of urea groups is 1. The minimum atomic E-state index is -2.68. The van der Waals surface area contributed by atoms with Crippen LogP contribution in [0.1, 0.15) is 26.7 Å². The van der Waals surface area contributed by atoms with Crippen LogP contribution in [-0.2, 0) is 4.79 Å². The van der Waals surface area contributed by atoms with Crippen LogP contribution in [0.25, 0.3) is 0 Å². The van der Waals surface area contributed by atoms with Gasteiger partial charge in [0.1, 0.15) is 6.61 Å². The van der Waals surface area contributed by atoms with Gasteiger partial charge in [0.2, 0.25) is 0 Å². The van der Waals surface area contributed by atoms with E-state index in [1.807, 2.05) is 0 Å². The second kappa shape index (κ2) is 8.68. The van der Waals surface area contributed by atoms with Crippen LogP contribution in [-0.4, -0.2) is 35.7 Å². The number of hydrogen-bond acceptors (Lipinski definition) is 3. The number of nitrogens with one attached hydrogen (secondary N) is 2. The summed E-state index contributed by atoms with van der Waals surface area (Å²) in [5.74, 6) is -1.03. The van der Waals surface area contributed by atoms with Crippen LogP contribution in [0.15, 0.2) is 18.2 Å². The van der Waals surface area contributed by atoms with Gasteiger partial charge in [-0.25, -0.2) is 13.6 Å². The number of para-hydroxylation sites is 1. The number of halogens is 3. The molecule has 0 aromatic heterocycles. The summed E-state index contributed by atoms with van der Waals surface area (Å²) in [6, 6.07) is 3.80. The van der Waals surface area contributed by atoms with Crippen LogP contribution in [0, 0.1) is 0 Å². The zero-order chi connectivity index (χ0) is 18.3. The molecule has 0 saturated carbocycles. The topological polar surface area (TPSA) is 87.7 Å². The quantitative estimate of drug-likeness (QED) is 0.655. The molecule has 0 saturated heterocycles. The lowest BCUT2D eigenvalue weighted by Gasteiger charge is -2.26. The largest absolute Gasteiger partial charge is 0.484 e. The highest BCUT2D eigenvalue weighted by Crippen LogP contribution is 2.33. The van der Waals surface area contributed by atoms with Crippen molar-refractivity contribution < 1.29 is 28.2 Å². The fourth-order valence-electron chi connectivity index (χ4n) is 1.84. The molecule has 3 N–H and O–H groups in total. The molecule has 0 bridgehead atoms. The molecular formula is C15H19ClF2N2O4. The van der Waals surface area contributed by atoms with Gasteiger partial charge in [-0.3, -0.25) is 4.79 Å². The van der Waals surface area contributed by atoms with Crippen LogP contribution in [0.2, 0.25) is 5.02 Å². The maximum Gasteiger partial charge on any atom is 0.319 e. The van der Waals surface area contributed by atoms with E-state index in [9.17, 15) is 18.4 Å². The van der Waals surface area contributed by atoms with E-state index in [4.69, 9.17) is 21.4 Å². The number of aliphatic carboxylic acids is 1. The van der Waals surface area contributed by atoms with Gasteiger partial charge in [-0.1, -0.05) is 17.7 Å². The first-order chi connectivity index (χ1) is 11.1. The third-order valence-corrected chi connectivity index (χ3v) is 3.28. The van der Waals surface area contributed by atoms with E-state index in [-0.39, 0.29) is 29.3 Å². The van der Waals surface area contributed by atoms with Gasteiger partial charge < -0.3 is 20.5 Å². The van der Waals surface area contributed by atoms with Gasteiger partial charge in [-0.2, -0.15) is 0 Å². The average molecular weight is 365 g/mol. The number of anilines is 1. The molecule has 0 unspecified atom stereocenters. The molecule has 134 valence electrons. The van der Waals surface area contributed by atoms with Crippen molar-refractivity contribution in [2.75, 3.05) is 11.9 Å². The third kappa shape index (κ3) is 6.99. The average Bonchev–Trinajstić information content (AvgIpc) is 2.43. The number of rotatable bonds is 8. The Hall–Kier alpha value is -2.09. The van der Waals surface area contributed by atoms with E-state index in [1.165, 1.54) is 18.2 Å². The smallest absolute Gasteiger partial charge is 0.319 e. The van der Waals surface area contributed by atoms with Gasteiger partial charge in [-0.05, 0) is 32.4 Å². The molecule has 1 aromatic carbocycles. The standard InChI is InChI=1S/C15H19ClF2N2O4/c1-15(2,7-6-12(21)22)20-14(23)19-10-5-3-4-9(16)13(10)24-8-11(17)18/h3-5,11H,6-8H2,1-2H3,(H,21,22)(H2,19,20,23). The van der Waals surface area contributed by atoms with Crippen LogP contribution >= 0.6 is 11.6 Å². The maximum absolute atomic E-state index is 12.3. The summed E-state index contributed by atoms with van der Waals surface area (Å²) in [5, 5.41) is 13.9. The predicted molar refractivity (Wildman–Crippen MR) is 86.1 cm³/mol. The summed E-state index contributed by atoms with van der Waals surface area (Å²) in [4.78, 5) is 22.7. The van der Waals surface area contributed by atoms with E-state index >= 15 is 0 Å². The summed E-state index contributed by atoms with van der Waals surface area (Å²) in [6.45, 7) is 2.48. The Morgan fingerprint density at radius 2 is 2.04 bits per heavy atom. The lowest BCUT2D eigenvalue weighted by molar-refractivity contribution is -0.137. The summed E-state index contributed by atoms with van der Waals surface area (Å²) in [6.07, 6.45) is -2.56. The second-order valence-electron chi connectivity index (χ2n) is 5.68. The van der Waals surface area contributed by atoms with Gasteiger partial charge in [0.05, 0.1) is 10.7 Å². The second-order valence-corrected chi connectivity index (χ2v) is 6.08. The first kappa shape index (κ1) is 20.0. The highest BCUT2D eigenvalue weighted by molar-refractivity contribution is 6.32. The Bertz CT molecular complexity index is 597. The van der Waals surface area contributed by atoms with E-state index in [1.54, 1.807) is 13.8 Å². The number of alkyl halides is 2. The highest BCUT2D eigenvalue weighted by atomic mass is 35.5. The number of benzene rings is 1. The lowest BCUT2D eigenvalue weighted by Crippen LogP contribution is -2.45. The number of carbonyl (C=O) groups is 2. The fraction of sp³-hybridized carbons (Fsp3) is 0.467. The molecule has 0 radical (unpaired) electrons. The lowest BCUT2D eigenvalue weighted by atomic mass is 9.99. The van der Waals surface area contributed by atoms with Crippen LogP contribution < -0.4 is 15.4 Å². The van der Waals surface area contributed by atoms with Crippen molar-refractivity contribution >= 4 is 29.3 Å². The monoisotopic (exact) mass is 364 g/mol. The summed E-state index contributed by atoms with van der Waals surface area (Å²) >= 11 is 5.91. The number of amides is 2. The third-order valence-electron chi connectivity index (χ3n) is 2.98. The van der Waals surface area contributed by atoms with E-state index in [0.29, 0.717) is 0 Å². The molecule has 0 spiro atoms. The number of carboxylic acids is 1. The zero-order valence-electron chi connectivity index (χ0n) is 13.2. The highest BCUT2D eigenvalue weighted by Gasteiger charge is 2.22. The Balaban J connectivity index is 2.76. The van der Waals surface area contributed by atoms with Crippen molar-refractivity contribution in [1.29, 1.82) is 0 Å². The van der Waals surface area contributed by atoms with Crippen LogP contribution in [0.3, 0.4) is 0 Å². The molecule has 6 nitrogen and oxygen atoms in total. The molecule has 0 fully saturated rings. The van der Waals surface area contributed by atoms with Crippen LogP contribution in [0.4, 0.5) is 19.3 Å². The molecule has 2 amide bonds. The Morgan fingerprint density at radius 1 is 1.38 bits per heavy atom. The van der Waals surface area contributed by atoms with E-state index in [0.717, 1.165) is 0 Å². The first-order valence-corrected chi connectivity index (χ1v) is 7.49. The maximum atomic E-state index is 12.3. The normalized spacial score (nSPS) is 11.2. The molecule has 1 aromatic rings. The number of carbonyl (C=O) groups excluding carboxylic acids is 1. The van der Waals surface area contributed by atoms with Gasteiger partial charge in [0.15, 0.2) is 5.75 Å². The molecule has 24 heavy (non-hydrogen) atoms. The zero-order valence-corrected chi connectivity index (χ0v) is 14.0. The minimum absolute atomic E-state index is 0.0574. The Kier molecular flexibility index (Phi) is 7.21. The molecule has 0 heterocycles. The van der Waals surface area contributed by atoms with Crippen LogP contribution in [0.5, 0.6) is 5.75 Å². The SMILES string of the molecule is CC(C)(CCC(=O)O)NC(=O)Nc1cccc(Cl)c1OCC(F)F. The number of carboxylic acid groups (broad SMARTS) is 1. The molecule has 0 atom stereocenters. The van der Waals surface area contributed by atoms with Crippen molar-refractivity contribution in [3.63, 3.8) is 0 Å². The molecule has 9 heteroatoms. The molecule has 0 aliphatic carbocycles. The van der Waals surface area contributed by atoms with E-state index < -0.39 is 30.6 Å². The van der Waals surface area contributed by atoms with Gasteiger partial charge >= 0.3 is 12.0 Å². The van der Waals surface area contributed by atoms with Gasteiger partial charge in [0.25, 0.3) is 6.43 Å². The van der Waals surface area contributed by atoms with E-state index in [2.05, 4.69) is 10.6 Å². The molecule has 0 aliphatic heterocycles. The number of hydrogen-bond donors (Lipinski definition) is 3. The fourth-order valence-corrected chi connectivity index (χ4v) is 2.07. The van der Waals surface area contributed by atoms with Crippen molar-refractivity contribution in [3.8, 4) is 5.75 Å². The molecule has 1 rings (SSSR count). The van der Waals surface area contributed by atoms with Crippen molar-refractivity contribution in [2.24, 2.45) is 0 Å². The minimum Gasteiger partial charge on any atom is -0.484 e.